The highest BCUT2D eigenvalue weighted by molar-refractivity contribution is 6.31. The molecule has 1 N–H and O–H groups in total. The van der Waals surface area contributed by atoms with Crippen molar-refractivity contribution in [2.24, 2.45) is 0 Å². The molecule has 0 spiro atoms. The Morgan fingerprint density at radius 1 is 1.03 bits per heavy atom. The van der Waals surface area contributed by atoms with E-state index in [-0.39, 0.29) is 17.9 Å². The second-order valence-corrected chi connectivity index (χ2v) is 7.78. The lowest BCUT2D eigenvalue weighted by Crippen LogP contribution is -2.46. The molecule has 0 radical (unpaired) electrons. The van der Waals surface area contributed by atoms with Crippen molar-refractivity contribution in [1.82, 2.24) is 15.2 Å². The van der Waals surface area contributed by atoms with Crippen LogP contribution in [0.2, 0.25) is 5.02 Å². The van der Waals surface area contributed by atoms with Gasteiger partial charge >= 0.3 is 0 Å². The number of pyridine rings is 1. The molecule has 152 valence electrons. The van der Waals surface area contributed by atoms with Crippen LogP contribution in [0.25, 0.3) is 17.0 Å². The van der Waals surface area contributed by atoms with E-state index in [1.165, 1.54) is 6.08 Å². The summed E-state index contributed by atoms with van der Waals surface area (Å²) in [7, 11) is 0. The van der Waals surface area contributed by atoms with Gasteiger partial charge in [-0.25, -0.2) is 4.98 Å². The maximum Gasteiger partial charge on any atom is 0.253 e. The molecule has 2 aromatic carbocycles. The first kappa shape index (κ1) is 20.1. The van der Waals surface area contributed by atoms with E-state index in [1.54, 1.807) is 12.1 Å². The van der Waals surface area contributed by atoms with E-state index in [2.05, 4.69) is 10.3 Å². The van der Waals surface area contributed by atoms with E-state index in [0.29, 0.717) is 29.4 Å². The molecular weight excluding hydrogens is 398 g/mol. The number of hydrogen-bond acceptors (Lipinski definition) is 3. The van der Waals surface area contributed by atoms with Crippen molar-refractivity contribution in [3.63, 3.8) is 0 Å². The number of aromatic nitrogens is 1. The first-order valence-corrected chi connectivity index (χ1v) is 10.4. The lowest BCUT2D eigenvalue weighted by molar-refractivity contribution is -0.117. The van der Waals surface area contributed by atoms with Crippen LogP contribution in [0.3, 0.4) is 0 Å². The van der Waals surface area contributed by atoms with Gasteiger partial charge in [-0.05, 0) is 49.2 Å². The number of nitrogens with zero attached hydrogens (tertiary/aromatic N) is 2. The van der Waals surface area contributed by atoms with Crippen LogP contribution >= 0.6 is 11.6 Å². The molecule has 1 saturated heterocycles. The summed E-state index contributed by atoms with van der Waals surface area (Å²) in [5.74, 6) is -0.112. The van der Waals surface area contributed by atoms with Crippen molar-refractivity contribution in [3.8, 4) is 0 Å². The Morgan fingerprint density at radius 2 is 1.77 bits per heavy atom. The molecule has 5 nitrogen and oxygen atoms in total. The van der Waals surface area contributed by atoms with Crippen molar-refractivity contribution < 1.29 is 9.59 Å². The second-order valence-electron chi connectivity index (χ2n) is 7.35. The molecular formula is C24H22ClN3O2. The summed E-state index contributed by atoms with van der Waals surface area (Å²) >= 11 is 6.02. The molecule has 2 heterocycles. The van der Waals surface area contributed by atoms with E-state index in [1.807, 2.05) is 59.5 Å². The van der Waals surface area contributed by atoms with Crippen LogP contribution < -0.4 is 5.32 Å². The van der Waals surface area contributed by atoms with Crippen molar-refractivity contribution in [2.75, 3.05) is 13.1 Å². The van der Waals surface area contributed by atoms with Gasteiger partial charge < -0.3 is 10.2 Å². The number of halogens is 1. The number of amides is 2. The summed E-state index contributed by atoms with van der Waals surface area (Å²) in [4.78, 5) is 31.2. The van der Waals surface area contributed by atoms with Gasteiger partial charge in [0.2, 0.25) is 5.91 Å². The average molecular weight is 420 g/mol. The lowest BCUT2D eigenvalue weighted by atomic mass is 10.0. The van der Waals surface area contributed by atoms with Crippen molar-refractivity contribution >= 4 is 40.4 Å². The Hall–Kier alpha value is -3.18. The highest BCUT2D eigenvalue weighted by Crippen LogP contribution is 2.18. The molecule has 1 aliphatic heterocycles. The fraction of sp³-hybridized carbons (Fsp3) is 0.208. The zero-order valence-electron chi connectivity index (χ0n) is 16.4. The van der Waals surface area contributed by atoms with E-state index < -0.39 is 0 Å². The maximum atomic E-state index is 12.5. The Morgan fingerprint density at radius 3 is 2.53 bits per heavy atom. The van der Waals surface area contributed by atoms with Gasteiger partial charge in [0, 0.05) is 41.2 Å². The lowest BCUT2D eigenvalue weighted by Gasteiger charge is -2.32. The van der Waals surface area contributed by atoms with E-state index in [0.717, 1.165) is 23.7 Å². The van der Waals surface area contributed by atoms with Crippen LogP contribution in [0, 0.1) is 0 Å². The first-order chi connectivity index (χ1) is 14.6. The molecule has 0 saturated carbocycles. The Labute approximate surface area is 180 Å². The third-order valence-electron chi connectivity index (χ3n) is 5.23. The quantitative estimate of drug-likeness (QED) is 0.640. The zero-order valence-corrected chi connectivity index (χ0v) is 17.2. The third kappa shape index (κ3) is 4.86. The Bertz CT molecular complexity index is 1090. The molecule has 3 aromatic rings. The molecule has 1 aromatic heterocycles. The van der Waals surface area contributed by atoms with Crippen molar-refractivity contribution in [2.45, 2.75) is 18.9 Å². The average Bonchev–Trinajstić information content (AvgIpc) is 2.78. The van der Waals surface area contributed by atoms with Gasteiger partial charge in [-0.15, -0.1) is 0 Å². The molecule has 4 rings (SSSR count). The SMILES string of the molecule is O=C(/C=C/c1ccc2ccc(Cl)cc2n1)NC1CCN(C(=O)c2ccccc2)CC1. The minimum Gasteiger partial charge on any atom is -0.350 e. The number of nitrogens with one attached hydrogen (secondary N) is 1. The molecule has 0 aliphatic carbocycles. The highest BCUT2D eigenvalue weighted by atomic mass is 35.5. The first-order valence-electron chi connectivity index (χ1n) is 9.98. The maximum absolute atomic E-state index is 12.5. The molecule has 2 amide bonds. The zero-order chi connectivity index (χ0) is 20.9. The van der Waals surface area contributed by atoms with E-state index in [9.17, 15) is 9.59 Å². The van der Waals surface area contributed by atoms with Gasteiger partial charge in [-0.1, -0.05) is 41.9 Å². The van der Waals surface area contributed by atoms with Gasteiger partial charge in [0.05, 0.1) is 11.2 Å². The van der Waals surface area contributed by atoms with Gasteiger partial charge in [-0.2, -0.15) is 0 Å². The number of carbonyl (C=O) groups excluding carboxylic acids is 2. The molecule has 0 unspecified atom stereocenters. The molecule has 1 aliphatic rings. The number of hydrogen-bond donors (Lipinski definition) is 1. The molecule has 0 atom stereocenters. The summed E-state index contributed by atoms with van der Waals surface area (Å²) in [6.45, 7) is 1.27. The molecule has 6 heteroatoms. The summed E-state index contributed by atoms with van der Waals surface area (Å²) < 4.78 is 0. The number of fused-ring (bicyclic) bond motifs is 1. The fourth-order valence-corrected chi connectivity index (χ4v) is 3.77. The van der Waals surface area contributed by atoms with Crippen LogP contribution in [-0.2, 0) is 4.79 Å². The summed E-state index contributed by atoms with van der Waals surface area (Å²) in [6, 6.07) is 18.7. The summed E-state index contributed by atoms with van der Waals surface area (Å²) in [5, 5.41) is 4.65. The van der Waals surface area contributed by atoms with Crippen LogP contribution in [0.15, 0.2) is 66.7 Å². The van der Waals surface area contributed by atoms with Crippen LogP contribution in [0.5, 0.6) is 0 Å². The normalized spacial score (nSPS) is 14.9. The predicted molar refractivity (Wildman–Crippen MR) is 119 cm³/mol. The fourth-order valence-electron chi connectivity index (χ4n) is 3.60. The van der Waals surface area contributed by atoms with E-state index in [4.69, 9.17) is 11.6 Å². The van der Waals surface area contributed by atoms with Crippen molar-refractivity contribution in [3.05, 3.63) is 83.0 Å². The van der Waals surface area contributed by atoms with Gasteiger partial charge in [-0.3, -0.25) is 9.59 Å². The number of likely N-dealkylation sites (tertiary alicyclic amines) is 1. The smallest absolute Gasteiger partial charge is 0.253 e. The number of piperidine rings is 1. The van der Waals surface area contributed by atoms with Gasteiger partial charge in [0.25, 0.3) is 5.91 Å². The molecule has 0 bridgehead atoms. The second kappa shape index (κ2) is 9.09. The van der Waals surface area contributed by atoms with Gasteiger partial charge in [0.1, 0.15) is 0 Å². The number of carbonyl (C=O) groups is 2. The topological polar surface area (TPSA) is 62.3 Å². The Balaban J connectivity index is 1.30. The standard InChI is InChI=1S/C24H22ClN3O2/c25-19-8-6-17-7-9-20(26-22(17)16-19)10-11-23(29)27-21-12-14-28(15-13-21)24(30)18-4-2-1-3-5-18/h1-11,16,21H,12-15H2,(H,27,29)/b11-10+. The van der Waals surface area contributed by atoms with Gasteiger partial charge in [0.15, 0.2) is 0 Å². The van der Waals surface area contributed by atoms with Crippen LogP contribution in [0.4, 0.5) is 0 Å². The molecule has 30 heavy (non-hydrogen) atoms. The van der Waals surface area contributed by atoms with E-state index >= 15 is 0 Å². The summed E-state index contributed by atoms with van der Waals surface area (Å²) in [5.41, 5.74) is 2.19. The van der Waals surface area contributed by atoms with Crippen LogP contribution in [0.1, 0.15) is 28.9 Å². The minimum absolute atomic E-state index is 0.0442. The predicted octanol–water partition coefficient (Wildman–Crippen LogP) is 4.32. The monoisotopic (exact) mass is 419 g/mol. The largest absolute Gasteiger partial charge is 0.350 e. The number of benzene rings is 2. The molecule has 1 fully saturated rings. The van der Waals surface area contributed by atoms with Crippen molar-refractivity contribution in [1.29, 1.82) is 0 Å². The Kier molecular flexibility index (Phi) is 6.10. The number of rotatable bonds is 4. The minimum atomic E-state index is -0.157. The van der Waals surface area contributed by atoms with Crippen LogP contribution in [-0.4, -0.2) is 40.8 Å². The third-order valence-corrected chi connectivity index (χ3v) is 5.47. The summed E-state index contributed by atoms with van der Waals surface area (Å²) in [6.07, 6.45) is 4.68. The highest BCUT2D eigenvalue weighted by Gasteiger charge is 2.24.